The Balaban J connectivity index is 1.67. The van der Waals surface area contributed by atoms with Gasteiger partial charge in [0.2, 0.25) is 5.91 Å². The maximum Gasteiger partial charge on any atom is 0.255 e. The minimum atomic E-state index is -0.439. The van der Waals surface area contributed by atoms with Gasteiger partial charge in [-0.2, -0.15) is 5.10 Å². The summed E-state index contributed by atoms with van der Waals surface area (Å²) in [7, 11) is 0. The summed E-state index contributed by atoms with van der Waals surface area (Å²) in [6.45, 7) is 1.77. The summed E-state index contributed by atoms with van der Waals surface area (Å²) in [6.07, 6.45) is 3.36. The molecule has 0 saturated heterocycles. The van der Waals surface area contributed by atoms with E-state index in [-0.39, 0.29) is 11.8 Å². The number of nitrogens with one attached hydrogen (secondary N) is 2. The van der Waals surface area contributed by atoms with Crippen LogP contribution in [0.4, 0.5) is 11.4 Å². The largest absolute Gasteiger partial charge is 0.324 e. The van der Waals surface area contributed by atoms with Crippen LogP contribution in [-0.2, 0) is 4.79 Å². The molecule has 3 aromatic rings. The number of halogens is 1. The topological polar surface area (TPSA) is 76.0 Å². The van der Waals surface area contributed by atoms with Crippen molar-refractivity contribution in [1.82, 2.24) is 9.78 Å². The molecular formula is C19H17BrN4O2. The van der Waals surface area contributed by atoms with E-state index >= 15 is 0 Å². The van der Waals surface area contributed by atoms with Crippen LogP contribution in [0.3, 0.4) is 0 Å². The number of rotatable bonds is 5. The fraction of sp³-hybridized carbons (Fsp3) is 0.105. The van der Waals surface area contributed by atoms with Gasteiger partial charge in [0, 0.05) is 33.8 Å². The Morgan fingerprint density at radius 3 is 2.38 bits per heavy atom. The van der Waals surface area contributed by atoms with E-state index in [1.54, 1.807) is 66.5 Å². The van der Waals surface area contributed by atoms with Crippen LogP contribution in [-0.4, -0.2) is 21.6 Å². The molecule has 132 valence electrons. The quantitative estimate of drug-likeness (QED) is 0.662. The van der Waals surface area contributed by atoms with Gasteiger partial charge < -0.3 is 10.6 Å². The molecular weight excluding hydrogens is 396 g/mol. The summed E-state index contributed by atoms with van der Waals surface area (Å²) < 4.78 is 2.49. The molecule has 0 aliphatic heterocycles. The smallest absolute Gasteiger partial charge is 0.255 e. The lowest BCUT2D eigenvalue weighted by Crippen LogP contribution is -2.24. The fourth-order valence-corrected chi connectivity index (χ4v) is 2.62. The molecule has 3 rings (SSSR count). The second-order valence-electron chi connectivity index (χ2n) is 5.69. The van der Waals surface area contributed by atoms with E-state index in [9.17, 15) is 9.59 Å². The lowest BCUT2D eigenvalue weighted by molar-refractivity contribution is -0.119. The molecule has 0 bridgehead atoms. The Kier molecular flexibility index (Phi) is 5.48. The van der Waals surface area contributed by atoms with E-state index in [4.69, 9.17) is 0 Å². The molecule has 1 unspecified atom stereocenters. The average molecular weight is 413 g/mol. The number of hydrogen-bond acceptors (Lipinski definition) is 3. The first-order chi connectivity index (χ1) is 12.5. The van der Waals surface area contributed by atoms with Crippen LogP contribution in [0.5, 0.6) is 0 Å². The van der Waals surface area contributed by atoms with E-state index < -0.39 is 6.04 Å². The number of nitrogens with zero attached hydrogens (tertiary/aromatic N) is 2. The van der Waals surface area contributed by atoms with Crippen LogP contribution >= 0.6 is 15.9 Å². The lowest BCUT2D eigenvalue weighted by atomic mass is 10.2. The summed E-state index contributed by atoms with van der Waals surface area (Å²) in [5.74, 6) is -0.407. The van der Waals surface area contributed by atoms with Gasteiger partial charge in [-0.1, -0.05) is 22.0 Å². The standard InChI is InChI=1S/C19H17BrN4O2/c1-13(24-11-3-10-21-24)18(25)22-16-4-2-5-17(12-16)23-19(26)14-6-8-15(20)9-7-14/h2-13H,1H3,(H,22,25)(H,23,26). The maximum absolute atomic E-state index is 12.3. The zero-order chi connectivity index (χ0) is 18.5. The predicted molar refractivity (Wildman–Crippen MR) is 104 cm³/mol. The zero-order valence-electron chi connectivity index (χ0n) is 14.0. The van der Waals surface area contributed by atoms with E-state index in [2.05, 4.69) is 31.7 Å². The lowest BCUT2D eigenvalue weighted by Gasteiger charge is -2.13. The van der Waals surface area contributed by atoms with Gasteiger partial charge in [0.05, 0.1) is 0 Å². The molecule has 1 heterocycles. The predicted octanol–water partition coefficient (Wildman–Crippen LogP) is 4.10. The monoisotopic (exact) mass is 412 g/mol. The van der Waals surface area contributed by atoms with E-state index in [1.165, 1.54) is 0 Å². The molecule has 0 aliphatic rings. The molecule has 0 radical (unpaired) electrons. The molecule has 0 saturated carbocycles. The summed E-state index contributed by atoms with van der Waals surface area (Å²) >= 11 is 3.34. The Labute approximate surface area is 159 Å². The Bertz CT molecular complexity index is 908. The number of carbonyl (C=O) groups is 2. The second kappa shape index (κ2) is 7.97. The number of aromatic nitrogens is 2. The average Bonchev–Trinajstić information content (AvgIpc) is 3.16. The number of amides is 2. The Morgan fingerprint density at radius 2 is 1.73 bits per heavy atom. The Hall–Kier alpha value is -2.93. The molecule has 2 amide bonds. The van der Waals surface area contributed by atoms with Crippen molar-refractivity contribution in [3.05, 3.63) is 77.0 Å². The van der Waals surface area contributed by atoms with Crippen LogP contribution in [0.25, 0.3) is 0 Å². The van der Waals surface area contributed by atoms with Crippen LogP contribution in [0, 0.1) is 0 Å². The first-order valence-electron chi connectivity index (χ1n) is 8.00. The molecule has 26 heavy (non-hydrogen) atoms. The molecule has 7 heteroatoms. The van der Waals surface area contributed by atoms with Gasteiger partial charge in [-0.25, -0.2) is 0 Å². The van der Waals surface area contributed by atoms with E-state index in [0.717, 1.165) is 4.47 Å². The van der Waals surface area contributed by atoms with Crippen LogP contribution < -0.4 is 10.6 Å². The first kappa shape index (κ1) is 17.9. The number of benzene rings is 2. The van der Waals surface area contributed by atoms with Gasteiger partial charge in [-0.3, -0.25) is 14.3 Å². The van der Waals surface area contributed by atoms with Gasteiger partial charge in [0.15, 0.2) is 0 Å². The third-order valence-electron chi connectivity index (χ3n) is 3.80. The third kappa shape index (κ3) is 4.37. The van der Waals surface area contributed by atoms with E-state index in [1.807, 2.05) is 12.1 Å². The minimum absolute atomic E-state index is 0.190. The van der Waals surface area contributed by atoms with Crippen molar-refractivity contribution < 1.29 is 9.59 Å². The molecule has 1 aromatic heterocycles. The van der Waals surface area contributed by atoms with Crippen LogP contribution in [0.1, 0.15) is 23.3 Å². The van der Waals surface area contributed by atoms with Crippen molar-refractivity contribution in [1.29, 1.82) is 0 Å². The van der Waals surface area contributed by atoms with Gasteiger partial charge in [0.25, 0.3) is 5.91 Å². The van der Waals surface area contributed by atoms with Crippen molar-refractivity contribution in [2.45, 2.75) is 13.0 Å². The van der Waals surface area contributed by atoms with Crippen molar-refractivity contribution in [2.75, 3.05) is 10.6 Å². The SMILES string of the molecule is CC(C(=O)Nc1cccc(NC(=O)c2ccc(Br)cc2)c1)n1cccn1. The van der Waals surface area contributed by atoms with Crippen molar-refractivity contribution in [2.24, 2.45) is 0 Å². The summed E-state index contributed by atoms with van der Waals surface area (Å²) in [6, 6.07) is 15.4. The molecule has 0 aliphatic carbocycles. The maximum atomic E-state index is 12.3. The van der Waals surface area contributed by atoms with Crippen LogP contribution in [0.2, 0.25) is 0 Å². The highest BCUT2D eigenvalue weighted by molar-refractivity contribution is 9.10. The van der Waals surface area contributed by atoms with Crippen molar-refractivity contribution >= 4 is 39.1 Å². The van der Waals surface area contributed by atoms with Crippen molar-refractivity contribution in [3.63, 3.8) is 0 Å². The van der Waals surface area contributed by atoms with Crippen molar-refractivity contribution in [3.8, 4) is 0 Å². The highest BCUT2D eigenvalue weighted by Gasteiger charge is 2.15. The minimum Gasteiger partial charge on any atom is -0.324 e. The number of hydrogen-bond donors (Lipinski definition) is 2. The molecule has 0 spiro atoms. The normalized spacial score (nSPS) is 11.6. The molecule has 0 fully saturated rings. The fourth-order valence-electron chi connectivity index (χ4n) is 2.36. The first-order valence-corrected chi connectivity index (χ1v) is 8.79. The molecule has 2 aromatic carbocycles. The summed E-state index contributed by atoms with van der Waals surface area (Å²) in [5, 5.41) is 9.73. The summed E-state index contributed by atoms with van der Waals surface area (Å²) in [5.41, 5.74) is 1.75. The van der Waals surface area contributed by atoms with Gasteiger partial charge in [-0.15, -0.1) is 0 Å². The van der Waals surface area contributed by atoms with Gasteiger partial charge in [0.1, 0.15) is 6.04 Å². The highest BCUT2D eigenvalue weighted by Crippen LogP contribution is 2.18. The molecule has 6 nitrogen and oxygen atoms in total. The molecule has 2 N–H and O–H groups in total. The zero-order valence-corrected chi connectivity index (χ0v) is 15.6. The number of anilines is 2. The van der Waals surface area contributed by atoms with Crippen LogP contribution in [0.15, 0.2) is 71.5 Å². The number of carbonyl (C=O) groups excluding carboxylic acids is 2. The van der Waals surface area contributed by atoms with E-state index in [0.29, 0.717) is 16.9 Å². The highest BCUT2D eigenvalue weighted by atomic mass is 79.9. The van der Waals surface area contributed by atoms with Gasteiger partial charge in [-0.05, 0) is 55.5 Å². The summed E-state index contributed by atoms with van der Waals surface area (Å²) in [4.78, 5) is 24.6. The molecule has 1 atom stereocenters. The van der Waals surface area contributed by atoms with Gasteiger partial charge >= 0.3 is 0 Å². The third-order valence-corrected chi connectivity index (χ3v) is 4.32. The Morgan fingerprint density at radius 1 is 1.04 bits per heavy atom. The second-order valence-corrected chi connectivity index (χ2v) is 6.61.